The lowest BCUT2D eigenvalue weighted by atomic mass is 9.59. The predicted molar refractivity (Wildman–Crippen MR) is 120 cm³/mol. The maximum Gasteiger partial charge on any atom is 0.529 e. The highest BCUT2D eigenvalue weighted by molar-refractivity contribution is 7.49. The van der Waals surface area contributed by atoms with Crippen molar-refractivity contribution < 1.29 is 41.9 Å². The van der Waals surface area contributed by atoms with Crippen LogP contribution in [0.1, 0.15) is 11.1 Å². The van der Waals surface area contributed by atoms with E-state index in [1.54, 1.807) is 0 Å². The number of nitrogens with zero attached hydrogens (tertiary/aromatic N) is 1. The molecule has 0 saturated carbocycles. The van der Waals surface area contributed by atoms with E-state index in [1.165, 1.54) is 13.0 Å². The second-order valence-electron chi connectivity index (χ2n) is 8.80. The van der Waals surface area contributed by atoms with Crippen LogP contribution < -0.4 is 15.8 Å². The fraction of sp³-hybridized carbons (Fsp3) is 0.412. The summed E-state index contributed by atoms with van der Waals surface area (Å²) < 4.78 is 64.7. The van der Waals surface area contributed by atoms with Crippen LogP contribution in [0.4, 0.5) is 8.78 Å². The molecule has 1 fully saturated rings. The summed E-state index contributed by atoms with van der Waals surface area (Å²) in [6.07, 6.45) is -3.28. The molecule has 1 aromatic heterocycles. The van der Waals surface area contributed by atoms with Crippen LogP contribution in [0.2, 0.25) is 0 Å². The average Bonchev–Trinajstić information content (AvgIpc) is 2.92. The Morgan fingerprint density at radius 1 is 1.32 bits per heavy atom. The highest BCUT2D eigenvalue weighted by Crippen LogP contribution is 2.59. The number of nitrogens with one attached hydrogen (secondary N) is 1. The van der Waals surface area contributed by atoms with E-state index in [1.807, 2.05) is 4.98 Å². The molecule has 3 heterocycles. The minimum Gasteiger partial charge on any atom is -0.404 e. The highest BCUT2D eigenvalue weighted by Gasteiger charge is 2.69. The number of hydrogen-bond acceptors (Lipinski definition) is 9. The van der Waals surface area contributed by atoms with Gasteiger partial charge in [0.2, 0.25) is 0 Å². The van der Waals surface area contributed by atoms with Crippen molar-refractivity contribution in [2.45, 2.75) is 42.6 Å². The predicted octanol–water partition coefficient (Wildman–Crippen LogP) is -2.70. The maximum absolute atomic E-state index is 16.3. The van der Waals surface area contributed by atoms with E-state index in [9.17, 15) is 28.8 Å². The lowest BCUT2D eigenvalue weighted by Crippen LogP contribution is -2.60. The summed E-state index contributed by atoms with van der Waals surface area (Å²) in [4.78, 5) is 26.1. The van der Waals surface area contributed by atoms with Gasteiger partial charge in [0, 0.05) is 17.3 Å². The van der Waals surface area contributed by atoms with Crippen LogP contribution in [0, 0.1) is 12.7 Å². The molecule has 0 bridgehead atoms. The summed E-state index contributed by atoms with van der Waals surface area (Å²) in [5.41, 5.74) is -3.62. The topological polar surface area (TPSA) is 149 Å². The first-order valence-corrected chi connectivity index (χ1v) is 11.6. The third kappa shape index (κ3) is 3.78. The van der Waals surface area contributed by atoms with Crippen LogP contribution >= 0.6 is 7.82 Å². The van der Waals surface area contributed by atoms with Gasteiger partial charge in [-0.2, -0.15) is 0 Å². The zero-order valence-corrected chi connectivity index (χ0v) is 19.5. The number of H-pyrrole nitrogens is 1. The maximum atomic E-state index is 16.3. The van der Waals surface area contributed by atoms with Gasteiger partial charge in [-0.1, -0.05) is 0 Å². The molecular formula is C17H20B3F2N2O9P. The number of phosphoric acid groups is 1. The van der Waals surface area contributed by atoms with Crippen molar-refractivity contribution in [3.8, 4) is 5.75 Å². The number of phosphoric ester groups is 1. The van der Waals surface area contributed by atoms with Crippen LogP contribution in [0.15, 0.2) is 34.0 Å². The van der Waals surface area contributed by atoms with Crippen molar-refractivity contribution in [3.05, 3.63) is 62.2 Å². The Labute approximate surface area is 193 Å². The van der Waals surface area contributed by atoms with Crippen molar-refractivity contribution in [3.63, 3.8) is 0 Å². The third-order valence-corrected chi connectivity index (χ3v) is 7.50. The van der Waals surface area contributed by atoms with Gasteiger partial charge in [-0.05, 0) is 25.1 Å². The summed E-state index contributed by atoms with van der Waals surface area (Å²) in [6.45, 7) is 1.01. The quantitative estimate of drug-likeness (QED) is 0.303. The van der Waals surface area contributed by atoms with Crippen LogP contribution in [0.5, 0.6) is 5.75 Å². The Bertz CT molecular complexity index is 1320. The van der Waals surface area contributed by atoms with E-state index in [0.717, 1.165) is 46.4 Å². The van der Waals surface area contributed by atoms with Crippen molar-refractivity contribution >= 4 is 31.4 Å². The van der Waals surface area contributed by atoms with Crippen molar-refractivity contribution in [1.29, 1.82) is 0 Å². The van der Waals surface area contributed by atoms with Gasteiger partial charge in [0.15, 0.2) is 7.85 Å². The number of benzene rings is 1. The zero-order valence-electron chi connectivity index (χ0n) is 18.6. The van der Waals surface area contributed by atoms with E-state index in [2.05, 4.69) is 0 Å². The molecule has 2 aliphatic heterocycles. The van der Waals surface area contributed by atoms with Gasteiger partial charge in [-0.3, -0.25) is 23.4 Å². The second kappa shape index (κ2) is 7.90. The van der Waals surface area contributed by atoms with Crippen LogP contribution in [-0.4, -0.2) is 66.8 Å². The SMILES string of the molecule is BC(B)(OP1(=O)OCc2cc(F)ccc2O1)[C@@]1(F)O[C@@](B)(n2cc(C)c(=O)[nH]c2=O)[C@H](O)[C@@H]1O. The molecule has 5 atom stereocenters. The Balaban J connectivity index is 1.67. The molecule has 1 aromatic carbocycles. The summed E-state index contributed by atoms with van der Waals surface area (Å²) in [5, 5.41) is 19.0. The first kappa shape index (κ1) is 24.9. The highest BCUT2D eigenvalue weighted by atomic mass is 31.2. The van der Waals surface area contributed by atoms with E-state index >= 15 is 4.39 Å². The molecule has 17 heteroatoms. The minimum absolute atomic E-state index is 0.00674. The fourth-order valence-electron chi connectivity index (χ4n) is 3.92. The van der Waals surface area contributed by atoms with Crippen LogP contribution in [-0.2, 0) is 30.6 Å². The largest absolute Gasteiger partial charge is 0.529 e. The monoisotopic (exact) mass is 498 g/mol. The van der Waals surface area contributed by atoms with Gasteiger partial charge in [-0.15, -0.1) is 0 Å². The fourth-order valence-corrected chi connectivity index (χ4v) is 5.46. The van der Waals surface area contributed by atoms with Gasteiger partial charge < -0.3 is 19.5 Å². The Morgan fingerprint density at radius 3 is 2.68 bits per heavy atom. The summed E-state index contributed by atoms with van der Waals surface area (Å²) in [6, 6.07) is 3.37. The average molecular weight is 498 g/mol. The zero-order chi connectivity index (χ0) is 25.3. The first-order valence-electron chi connectivity index (χ1n) is 10.1. The van der Waals surface area contributed by atoms with E-state index < -0.39 is 54.0 Å². The molecule has 2 aromatic rings. The molecule has 1 saturated heterocycles. The van der Waals surface area contributed by atoms with Crippen molar-refractivity contribution in [1.82, 2.24) is 9.55 Å². The number of fused-ring (bicyclic) bond motifs is 1. The lowest BCUT2D eigenvalue weighted by Gasteiger charge is -2.41. The molecule has 34 heavy (non-hydrogen) atoms. The number of rotatable bonds is 4. The molecule has 0 spiro atoms. The van der Waals surface area contributed by atoms with Gasteiger partial charge in [-0.25, -0.2) is 18.1 Å². The van der Waals surface area contributed by atoms with E-state index in [-0.39, 0.29) is 23.5 Å². The van der Waals surface area contributed by atoms with Gasteiger partial charge in [0.25, 0.3) is 11.4 Å². The second-order valence-corrected chi connectivity index (χ2v) is 10.3. The standard InChI is InChI=1S/C17H20B3F2N2O9P/c1-7-5-24(14(28)23-13(7)27)16(18)12(26)11(25)15(22,32-16)17(19,20)33-34(29)30-6-8-4-9(21)2-3-10(8)31-34/h2-5,11-12,25-26H,6,18-20H2,1H3,(H,23,27,28)/t11-,12+,15-,16-,34?/m0/s1. The van der Waals surface area contributed by atoms with E-state index in [4.69, 9.17) is 18.3 Å². The summed E-state index contributed by atoms with van der Waals surface area (Å²) in [5.74, 6) is -3.83. The molecule has 3 N–H and O–H groups in total. The number of aliphatic hydroxyl groups excluding tert-OH is 2. The lowest BCUT2D eigenvalue weighted by molar-refractivity contribution is -0.240. The normalized spacial score (nSPS) is 33.3. The number of aromatic nitrogens is 2. The van der Waals surface area contributed by atoms with Crippen LogP contribution in [0.3, 0.4) is 0 Å². The Morgan fingerprint density at radius 2 is 2.00 bits per heavy atom. The molecule has 2 aliphatic rings. The number of aryl methyl sites for hydroxylation is 1. The summed E-state index contributed by atoms with van der Waals surface area (Å²) in [7, 11) is -1.25. The number of hydrogen-bond donors (Lipinski definition) is 3. The molecule has 4 rings (SSSR count). The Hall–Kier alpha value is -2.22. The number of halogens is 2. The van der Waals surface area contributed by atoms with Crippen LogP contribution in [0.25, 0.3) is 0 Å². The number of ether oxygens (including phenoxy) is 1. The number of alkyl halides is 1. The van der Waals surface area contributed by atoms with Gasteiger partial charge >= 0.3 is 13.5 Å². The van der Waals surface area contributed by atoms with Crippen molar-refractivity contribution in [2.24, 2.45) is 0 Å². The third-order valence-electron chi connectivity index (χ3n) is 5.95. The molecular weight excluding hydrogens is 478 g/mol. The molecule has 0 amide bonds. The Kier molecular flexibility index (Phi) is 5.79. The molecule has 11 nitrogen and oxygen atoms in total. The minimum atomic E-state index is -4.51. The van der Waals surface area contributed by atoms with Crippen molar-refractivity contribution in [2.75, 3.05) is 0 Å². The molecule has 1 unspecified atom stereocenters. The van der Waals surface area contributed by atoms with Gasteiger partial charge in [0.1, 0.15) is 45.1 Å². The first-order chi connectivity index (χ1) is 15.6. The van der Waals surface area contributed by atoms with Gasteiger partial charge in [0.05, 0.1) is 12.0 Å². The smallest absolute Gasteiger partial charge is 0.404 e. The number of aromatic amines is 1. The molecule has 180 valence electrons. The molecule has 0 aliphatic carbocycles. The van der Waals surface area contributed by atoms with E-state index in [0.29, 0.717) is 0 Å². The summed E-state index contributed by atoms with van der Waals surface area (Å²) >= 11 is 0. The number of aliphatic hydroxyl groups is 2. The molecule has 0 radical (unpaired) electrons.